The zero-order valence-electron chi connectivity index (χ0n) is 13.2. The van der Waals surface area contributed by atoms with Crippen molar-refractivity contribution in [1.29, 1.82) is 0 Å². The smallest absolute Gasteiger partial charge is 0.399 e. The van der Waals surface area contributed by atoms with Crippen LogP contribution in [0.25, 0.3) is 0 Å². The lowest BCUT2D eigenvalue weighted by Gasteiger charge is -2.32. The molecule has 0 aliphatic carbocycles. The van der Waals surface area contributed by atoms with Crippen LogP contribution in [0.5, 0.6) is 0 Å². The molecule has 0 spiro atoms. The molecule has 1 aliphatic heterocycles. The first-order chi connectivity index (χ1) is 10.5. The summed E-state index contributed by atoms with van der Waals surface area (Å²) < 4.78 is 52.8. The first kappa shape index (κ1) is 18.1. The normalized spacial score (nSPS) is 20.2. The minimum atomic E-state index is -1.65. The van der Waals surface area contributed by atoms with E-state index < -0.39 is 41.5 Å². The summed E-state index contributed by atoms with van der Waals surface area (Å²) in [6.07, 6.45) is 0. The highest BCUT2D eigenvalue weighted by Gasteiger charge is 2.52. The van der Waals surface area contributed by atoms with Gasteiger partial charge in [0.05, 0.1) is 17.1 Å². The molecule has 0 saturated carbocycles. The van der Waals surface area contributed by atoms with Gasteiger partial charge < -0.3 is 15.0 Å². The van der Waals surface area contributed by atoms with Crippen LogP contribution in [0.1, 0.15) is 27.7 Å². The van der Waals surface area contributed by atoms with Gasteiger partial charge in [0.1, 0.15) is 11.5 Å². The summed E-state index contributed by atoms with van der Waals surface area (Å²) in [6.45, 7) is 7.11. The lowest BCUT2D eigenvalue weighted by atomic mass is 9.77. The van der Waals surface area contributed by atoms with Crippen LogP contribution in [0.15, 0.2) is 11.1 Å². The molecule has 1 aliphatic rings. The average Bonchev–Trinajstić information content (AvgIpc) is 2.67. The Balaban J connectivity index is 2.59. The van der Waals surface area contributed by atoms with Crippen LogP contribution in [0, 0.1) is 17.5 Å². The lowest BCUT2D eigenvalue weighted by molar-refractivity contribution is 0.00578. The molecule has 0 bridgehead atoms. The largest absolute Gasteiger partial charge is 0.497 e. The molecule has 9 heteroatoms. The van der Waals surface area contributed by atoms with E-state index in [0.29, 0.717) is 0 Å². The first-order valence-electron chi connectivity index (χ1n) is 6.92. The van der Waals surface area contributed by atoms with Gasteiger partial charge in [-0.05, 0) is 33.8 Å². The molecule has 0 radical (unpaired) electrons. The SMILES string of the molecule is CC1(C)OB(c2cc(F)c(F)c(F)c2N=C(N)CCl)OC1(C)C. The summed E-state index contributed by atoms with van der Waals surface area (Å²) in [4.78, 5) is 3.74. The van der Waals surface area contributed by atoms with Gasteiger partial charge in [0, 0.05) is 5.46 Å². The molecular formula is C14H17BClF3N2O2. The molecule has 2 rings (SSSR count). The molecule has 0 unspecified atom stereocenters. The van der Waals surface area contributed by atoms with Gasteiger partial charge in [-0.1, -0.05) is 0 Å². The first-order valence-corrected chi connectivity index (χ1v) is 7.45. The Labute approximate surface area is 137 Å². The van der Waals surface area contributed by atoms with Crippen molar-refractivity contribution < 1.29 is 22.5 Å². The molecule has 1 heterocycles. The van der Waals surface area contributed by atoms with E-state index in [-0.39, 0.29) is 17.2 Å². The van der Waals surface area contributed by atoms with Crippen molar-refractivity contribution >= 4 is 35.7 Å². The number of halogens is 4. The molecule has 1 saturated heterocycles. The number of alkyl halides is 1. The second kappa shape index (κ2) is 6.00. The maximum atomic E-state index is 14.1. The quantitative estimate of drug-likeness (QED) is 0.300. The van der Waals surface area contributed by atoms with E-state index >= 15 is 0 Å². The number of nitrogens with zero attached hydrogens (tertiary/aromatic N) is 1. The minimum Gasteiger partial charge on any atom is -0.399 e. The maximum absolute atomic E-state index is 14.1. The van der Waals surface area contributed by atoms with Crippen LogP contribution in [-0.2, 0) is 9.31 Å². The second-order valence-electron chi connectivity index (χ2n) is 6.25. The van der Waals surface area contributed by atoms with Gasteiger partial charge in [-0.3, -0.25) is 0 Å². The van der Waals surface area contributed by atoms with Crippen molar-refractivity contribution in [3.05, 3.63) is 23.5 Å². The summed E-state index contributed by atoms with van der Waals surface area (Å²) in [5.41, 5.74) is 3.44. The van der Waals surface area contributed by atoms with Gasteiger partial charge in [0.25, 0.3) is 0 Å². The van der Waals surface area contributed by atoms with E-state index in [1.807, 2.05) is 0 Å². The van der Waals surface area contributed by atoms with E-state index in [9.17, 15) is 13.2 Å². The number of hydrogen-bond donors (Lipinski definition) is 1. The van der Waals surface area contributed by atoms with E-state index in [0.717, 1.165) is 6.07 Å². The zero-order valence-corrected chi connectivity index (χ0v) is 14.0. The fourth-order valence-electron chi connectivity index (χ4n) is 2.04. The van der Waals surface area contributed by atoms with Gasteiger partial charge in [-0.15, -0.1) is 11.6 Å². The number of aliphatic imine (C=N–C) groups is 1. The second-order valence-corrected chi connectivity index (χ2v) is 6.52. The van der Waals surface area contributed by atoms with E-state index in [1.54, 1.807) is 27.7 Å². The van der Waals surface area contributed by atoms with Crippen molar-refractivity contribution in [3.63, 3.8) is 0 Å². The molecule has 0 amide bonds. The Bertz CT molecular complexity index is 652. The molecule has 2 N–H and O–H groups in total. The Morgan fingerprint density at radius 3 is 2.17 bits per heavy atom. The predicted molar refractivity (Wildman–Crippen MR) is 84.0 cm³/mol. The molecule has 0 aromatic heterocycles. The van der Waals surface area contributed by atoms with Crippen molar-refractivity contribution in [3.8, 4) is 0 Å². The van der Waals surface area contributed by atoms with E-state index in [4.69, 9.17) is 26.6 Å². The third-order valence-corrected chi connectivity index (χ3v) is 4.34. The number of rotatable bonds is 3. The third-order valence-electron chi connectivity index (χ3n) is 4.07. The highest BCUT2D eigenvalue weighted by Crippen LogP contribution is 2.37. The molecule has 1 aromatic carbocycles. The van der Waals surface area contributed by atoms with Gasteiger partial charge in [0.2, 0.25) is 0 Å². The van der Waals surface area contributed by atoms with Crippen LogP contribution in [0.4, 0.5) is 18.9 Å². The molecule has 23 heavy (non-hydrogen) atoms. The number of hydrogen-bond acceptors (Lipinski definition) is 3. The zero-order chi connectivity index (χ0) is 17.6. The number of nitrogens with two attached hydrogens (primary N) is 1. The maximum Gasteiger partial charge on any atom is 0.497 e. The highest BCUT2D eigenvalue weighted by molar-refractivity contribution is 6.63. The van der Waals surface area contributed by atoms with Crippen LogP contribution in [-0.4, -0.2) is 30.0 Å². The number of amidine groups is 1. The monoisotopic (exact) mass is 348 g/mol. The lowest BCUT2D eigenvalue weighted by Crippen LogP contribution is -2.41. The third kappa shape index (κ3) is 3.20. The molecule has 1 fully saturated rings. The van der Waals surface area contributed by atoms with Crippen LogP contribution in [0.3, 0.4) is 0 Å². The molecular weight excluding hydrogens is 331 g/mol. The Kier molecular flexibility index (Phi) is 4.72. The summed E-state index contributed by atoms with van der Waals surface area (Å²) in [5, 5.41) is 0. The van der Waals surface area contributed by atoms with Crippen molar-refractivity contribution in [2.75, 3.05) is 5.88 Å². The average molecular weight is 349 g/mol. The van der Waals surface area contributed by atoms with Gasteiger partial charge in [-0.25, -0.2) is 18.2 Å². The Morgan fingerprint density at radius 1 is 1.17 bits per heavy atom. The Morgan fingerprint density at radius 2 is 1.70 bits per heavy atom. The highest BCUT2D eigenvalue weighted by atomic mass is 35.5. The fourth-order valence-corrected chi connectivity index (χ4v) is 2.10. The molecule has 1 aromatic rings. The van der Waals surface area contributed by atoms with Gasteiger partial charge in [-0.2, -0.15) is 0 Å². The summed E-state index contributed by atoms with van der Waals surface area (Å²) >= 11 is 5.52. The van der Waals surface area contributed by atoms with Crippen LogP contribution < -0.4 is 11.2 Å². The molecule has 126 valence electrons. The van der Waals surface area contributed by atoms with E-state index in [2.05, 4.69) is 4.99 Å². The van der Waals surface area contributed by atoms with Gasteiger partial charge >= 0.3 is 7.12 Å². The van der Waals surface area contributed by atoms with Crippen molar-refractivity contribution in [1.82, 2.24) is 0 Å². The van der Waals surface area contributed by atoms with Crippen molar-refractivity contribution in [2.45, 2.75) is 38.9 Å². The topological polar surface area (TPSA) is 56.8 Å². The van der Waals surface area contributed by atoms with Gasteiger partial charge in [0.15, 0.2) is 17.5 Å². The van der Waals surface area contributed by atoms with Crippen molar-refractivity contribution in [2.24, 2.45) is 10.7 Å². The Hall–Kier alpha value is -1.25. The predicted octanol–water partition coefficient (Wildman–Crippen LogP) is 2.63. The van der Waals surface area contributed by atoms with E-state index in [1.165, 1.54) is 0 Å². The molecule has 4 nitrogen and oxygen atoms in total. The minimum absolute atomic E-state index is 0.0897. The van der Waals surface area contributed by atoms with Crippen LogP contribution in [0.2, 0.25) is 0 Å². The standard InChI is InChI=1S/C14H17BClF3N2O2/c1-13(2)14(3,4)23-15(22-13)7-5-8(17)10(18)11(19)12(7)21-9(20)6-16/h5H,6H2,1-4H3,(H2,20,21). The van der Waals surface area contributed by atoms with Crippen LogP contribution >= 0.6 is 11.6 Å². The molecule has 0 atom stereocenters. The summed E-state index contributed by atoms with van der Waals surface area (Å²) in [7, 11) is -1.12. The summed E-state index contributed by atoms with van der Waals surface area (Å²) in [6, 6.07) is 0.793. The summed E-state index contributed by atoms with van der Waals surface area (Å²) in [5.74, 6) is -4.82. The number of benzene rings is 1. The fraction of sp³-hybridized carbons (Fsp3) is 0.500.